The van der Waals surface area contributed by atoms with E-state index in [1.54, 1.807) is 29.8 Å². The molecule has 8 nitrogen and oxygen atoms in total. The zero-order valence-corrected chi connectivity index (χ0v) is 29.6. The topological polar surface area (TPSA) is 87.5 Å². The van der Waals surface area contributed by atoms with Crippen molar-refractivity contribution in [1.29, 1.82) is 0 Å². The lowest BCUT2D eigenvalue weighted by Gasteiger charge is -2.29. The Hall–Kier alpha value is -4.03. The Morgan fingerprint density at radius 2 is 1.77 bits per heavy atom. The van der Waals surface area contributed by atoms with Gasteiger partial charge in [0.05, 0.1) is 22.2 Å². The first-order valence-electron chi connectivity index (χ1n) is 14.7. The van der Waals surface area contributed by atoms with Gasteiger partial charge in [-0.15, -0.1) is 5.10 Å². The molecule has 0 bridgehead atoms. The van der Waals surface area contributed by atoms with Crippen molar-refractivity contribution >= 4 is 62.8 Å². The van der Waals surface area contributed by atoms with E-state index in [9.17, 15) is 9.18 Å². The first-order valence-corrected chi connectivity index (χ1v) is 17.2. The van der Waals surface area contributed by atoms with Gasteiger partial charge in [-0.2, -0.15) is 4.98 Å². The Balaban J connectivity index is 1.36. The summed E-state index contributed by atoms with van der Waals surface area (Å²) in [4.78, 5) is 18.6. The van der Waals surface area contributed by atoms with Gasteiger partial charge < -0.3 is 19.5 Å². The van der Waals surface area contributed by atoms with Gasteiger partial charge in [0.2, 0.25) is 11.1 Å². The van der Waals surface area contributed by atoms with Gasteiger partial charge in [0.25, 0.3) is 0 Å². The van der Waals surface area contributed by atoms with Crippen LogP contribution in [0.15, 0.2) is 106 Å². The summed E-state index contributed by atoms with van der Waals surface area (Å²) in [5.41, 5.74) is 3.55. The first-order chi connectivity index (χ1) is 23.2. The molecule has 0 spiro atoms. The molecule has 5 aromatic rings. The molecule has 0 fully saturated rings. The summed E-state index contributed by atoms with van der Waals surface area (Å²) >= 11 is 17.7. The van der Waals surface area contributed by atoms with Crippen LogP contribution in [0.2, 0.25) is 10.0 Å². The number of rotatable bonds is 11. The van der Waals surface area contributed by atoms with Crippen LogP contribution in [0.1, 0.15) is 35.2 Å². The molecule has 0 amide bonds. The summed E-state index contributed by atoms with van der Waals surface area (Å²) in [5.74, 6) is 0.662. The maximum atomic E-state index is 14.5. The number of allylic oxidation sites excluding steroid dienone is 1. The molecule has 48 heavy (non-hydrogen) atoms. The molecule has 1 N–H and O–H groups in total. The summed E-state index contributed by atoms with van der Waals surface area (Å²) in [5, 5.41) is 9.45. The van der Waals surface area contributed by atoms with E-state index in [1.165, 1.54) is 31.0 Å². The highest BCUT2D eigenvalue weighted by atomic mass is 79.9. The quantitative estimate of drug-likeness (QED) is 0.105. The average Bonchev–Trinajstić information content (AvgIpc) is 3.49. The van der Waals surface area contributed by atoms with Crippen molar-refractivity contribution in [2.45, 2.75) is 37.1 Å². The van der Waals surface area contributed by atoms with Crippen LogP contribution in [0.5, 0.6) is 11.5 Å². The Labute approximate surface area is 299 Å². The summed E-state index contributed by atoms with van der Waals surface area (Å²) in [6, 6.07) is 24.3. The van der Waals surface area contributed by atoms with E-state index in [0.717, 1.165) is 11.1 Å². The number of carbonyl (C=O) groups excluding carboxylic acids is 1. The molecule has 1 unspecified atom stereocenters. The Morgan fingerprint density at radius 1 is 1.02 bits per heavy atom. The molecule has 1 aliphatic heterocycles. The number of benzene rings is 4. The fraction of sp³-hybridized carbons (Fsp3) is 0.171. The van der Waals surface area contributed by atoms with E-state index in [-0.39, 0.29) is 23.8 Å². The second-order valence-electron chi connectivity index (χ2n) is 10.7. The minimum atomic E-state index is -0.757. The molecule has 6 rings (SSSR count). The van der Waals surface area contributed by atoms with Gasteiger partial charge in [0, 0.05) is 22.0 Å². The Morgan fingerprint density at radius 3 is 2.52 bits per heavy atom. The van der Waals surface area contributed by atoms with Crippen LogP contribution in [0, 0.1) is 5.82 Å². The molecule has 1 atom stereocenters. The van der Waals surface area contributed by atoms with Gasteiger partial charge in [0.1, 0.15) is 25.1 Å². The Kier molecular flexibility index (Phi) is 10.6. The zero-order chi connectivity index (χ0) is 33.8. The van der Waals surface area contributed by atoms with Crippen molar-refractivity contribution in [3.8, 4) is 11.5 Å². The second kappa shape index (κ2) is 15.0. The molecular formula is C35H28BrCl2FN4O4S. The van der Waals surface area contributed by atoms with Crippen molar-refractivity contribution in [1.82, 2.24) is 14.8 Å². The number of aromatic nitrogens is 3. The van der Waals surface area contributed by atoms with Crippen LogP contribution in [0.4, 0.5) is 10.3 Å². The highest BCUT2D eigenvalue weighted by Crippen LogP contribution is 2.44. The molecule has 0 saturated carbocycles. The summed E-state index contributed by atoms with van der Waals surface area (Å²) in [7, 11) is 1.50. The number of anilines is 1. The molecule has 2 heterocycles. The normalized spacial score (nSPS) is 13.9. The third-order valence-corrected chi connectivity index (χ3v) is 9.77. The second-order valence-corrected chi connectivity index (χ2v) is 13.3. The van der Waals surface area contributed by atoms with Crippen LogP contribution in [0.25, 0.3) is 0 Å². The zero-order valence-electron chi connectivity index (χ0n) is 25.7. The lowest BCUT2D eigenvalue weighted by Crippen LogP contribution is -2.29. The number of thioether (sulfide) groups is 1. The standard InChI is InChI=1S/C35H28BrCl2FN4O4S/c1-20-30(33(44)47-17-21-9-4-3-5-10-21)31(43-34(40-20)41-35(42-43)48-19-22-11-6-7-12-26(22)37)23-15-25(36)32(29(16-23)45-2)46-18-24-27(38)13-8-14-28(24)39/h3-16,31H,17-19H2,1-2H3,(H,40,41,42). The van der Waals surface area contributed by atoms with Crippen LogP contribution >= 0.6 is 50.9 Å². The van der Waals surface area contributed by atoms with E-state index in [4.69, 9.17) is 47.5 Å². The maximum Gasteiger partial charge on any atom is 0.338 e. The summed E-state index contributed by atoms with van der Waals surface area (Å²) in [6.45, 7) is 1.75. The lowest BCUT2D eigenvalue weighted by molar-refractivity contribution is -0.140. The fourth-order valence-corrected chi connectivity index (χ4v) is 7.08. The minimum Gasteiger partial charge on any atom is -0.493 e. The van der Waals surface area contributed by atoms with Crippen molar-refractivity contribution in [2.24, 2.45) is 0 Å². The number of nitrogens with one attached hydrogen (secondary N) is 1. The van der Waals surface area contributed by atoms with Crippen molar-refractivity contribution < 1.29 is 23.4 Å². The van der Waals surface area contributed by atoms with Crippen LogP contribution in [0.3, 0.4) is 0 Å². The summed E-state index contributed by atoms with van der Waals surface area (Å²) in [6.07, 6.45) is 0. The molecule has 4 aromatic carbocycles. The predicted octanol–water partition coefficient (Wildman–Crippen LogP) is 9.40. The molecular weight excluding hydrogens is 742 g/mol. The summed E-state index contributed by atoms with van der Waals surface area (Å²) < 4.78 is 34.2. The molecule has 0 radical (unpaired) electrons. The largest absolute Gasteiger partial charge is 0.493 e. The number of nitrogens with zero attached hydrogens (tertiary/aromatic N) is 3. The van der Waals surface area contributed by atoms with Crippen LogP contribution in [-0.2, 0) is 28.5 Å². The number of methoxy groups -OCH3 is 1. The first kappa shape index (κ1) is 33.9. The number of halogens is 4. The molecule has 0 aliphatic carbocycles. The Bertz CT molecular complexity index is 1990. The number of hydrogen-bond acceptors (Lipinski definition) is 8. The smallest absolute Gasteiger partial charge is 0.338 e. The molecule has 13 heteroatoms. The molecule has 246 valence electrons. The monoisotopic (exact) mass is 768 g/mol. The minimum absolute atomic E-state index is 0.0880. The average molecular weight is 771 g/mol. The third kappa shape index (κ3) is 7.34. The number of carbonyl (C=O) groups is 1. The van der Waals surface area contributed by atoms with Crippen molar-refractivity contribution in [2.75, 3.05) is 12.4 Å². The van der Waals surface area contributed by atoms with Gasteiger partial charge in [-0.25, -0.2) is 13.9 Å². The number of esters is 1. The fourth-order valence-electron chi connectivity index (χ4n) is 5.18. The van der Waals surface area contributed by atoms with E-state index in [1.807, 2.05) is 54.6 Å². The molecule has 1 aromatic heterocycles. The predicted molar refractivity (Wildman–Crippen MR) is 188 cm³/mol. The van der Waals surface area contributed by atoms with Gasteiger partial charge >= 0.3 is 5.97 Å². The van der Waals surface area contributed by atoms with Gasteiger partial charge in [-0.05, 0) is 69.9 Å². The number of hydrogen-bond donors (Lipinski definition) is 1. The van der Waals surface area contributed by atoms with Crippen molar-refractivity contribution in [3.05, 3.63) is 139 Å². The van der Waals surface area contributed by atoms with E-state index in [0.29, 0.717) is 54.7 Å². The lowest BCUT2D eigenvalue weighted by atomic mass is 9.95. The van der Waals surface area contributed by atoms with Crippen molar-refractivity contribution in [3.63, 3.8) is 0 Å². The van der Waals surface area contributed by atoms with E-state index in [2.05, 4.69) is 21.2 Å². The number of fused-ring (bicyclic) bond motifs is 1. The molecule has 0 saturated heterocycles. The van der Waals surface area contributed by atoms with Gasteiger partial charge in [-0.1, -0.05) is 89.6 Å². The number of ether oxygens (including phenoxy) is 3. The maximum absolute atomic E-state index is 14.5. The van der Waals surface area contributed by atoms with Crippen LogP contribution in [-0.4, -0.2) is 27.8 Å². The van der Waals surface area contributed by atoms with E-state index >= 15 is 0 Å². The van der Waals surface area contributed by atoms with E-state index < -0.39 is 17.8 Å². The van der Waals surface area contributed by atoms with Gasteiger partial charge in [-0.3, -0.25) is 0 Å². The van der Waals surface area contributed by atoms with Gasteiger partial charge in [0.15, 0.2) is 11.5 Å². The SMILES string of the molecule is COc1cc(C2C(C(=O)OCc3ccccc3)=C(C)Nc3nc(SCc4ccccc4Cl)nn32)cc(Br)c1OCc1c(F)cccc1Cl. The highest BCUT2D eigenvalue weighted by molar-refractivity contribution is 9.10. The third-order valence-electron chi connectivity index (χ3n) is 7.57. The van der Waals surface area contributed by atoms with Crippen LogP contribution < -0.4 is 14.8 Å². The highest BCUT2D eigenvalue weighted by Gasteiger charge is 2.36. The molecule has 1 aliphatic rings.